The van der Waals surface area contributed by atoms with Gasteiger partial charge < -0.3 is 9.64 Å². The minimum absolute atomic E-state index is 0.426. The fourth-order valence-electron chi connectivity index (χ4n) is 1.81. The van der Waals surface area contributed by atoms with Crippen molar-refractivity contribution in [3.05, 3.63) is 46.1 Å². The summed E-state index contributed by atoms with van der Waals surface area (Å²) in [6.45, 7) is 6.40. The number of aryl methyl sites for hydroxylation is 1. The molecule has 19 heavy (non-hydrogen) atoms. The molecular weight excluding hydrogens is 238 g/mol. The van der Waals surface area contributed by atoms with Crippen LogP contribution in [-0.4, -0.2) is 29.2 Å². The van der Waals surface area contributed by atoms with E-state index in [2.05, 4.69) is 16.8 Å². The summed E-state index contributed by atoms with van der Waals surface area (Å²) < 4.78 is 5.76. The number of benzene rings is 1. The third-order valence-electron chi connectivity index (χ3n) is 2.71. The summed E-state index contributed by atoms with van der Waals surface area (Å²) in [5.74, 6) is 0.851. The van der Waals surface area contributed by atoms with E-state index in [4.69, 9.17) is 4.74 Å². The van der Waals surface area contributed by atoms with Crippen molar-refractivity contribution in [2.45, 2.75) is 13.5 Å². The molecule has 2 rings (SSSR count). The van der Waals surface area contributed by atoms with E-state index in [1.54, 1.807) is 0 Å². The minimum atomic E-state index is 0.426. The topological polar surface area (TPSA) is 41.1 Å². The molecule has 0 unspecified atom stereocenters. The number of rotatable bonds is 4. The lowest BCUT2D eigenvalue weighted by Gasteiger charge is -2.06. The first-order valence-corrected chi connectivity index (χ1v) is 6.16. The second-order valence-electron chi connectivity index (χ2n) is 4.76. The molecule has 2 aromatic rings. The summed E-state index contributed by atoms with van der Waals surface area (Å²) >= 11 is 0. The summed E-state index contributed by atoms with van der Waals surface area (Å²) in [4.78, 5) is 1.97. The SMILES string of the molecule is C=c1[nH]nc(COc2cccc(C)c2)/c1=C\N(C)C. The number of H-pyrrole nitrogens is 1. The Bertz CT molecular complexity index is 658. The molecule has 0 aliphatic heterocycles. The Kier molecular flexibility index (Phi) is 3.90. The predicted molar refractivity (Wildman–Crippen MR) is 77.0 cm³/mol. The van der Waals surface area contributed by atoms with E-state index in [1.807, 2.05) is 56.4 Å². The molecule has 1 heterocycles. The second-order valence-corrected chi connectivity index (χ2v) is 4.76. The Balaban J connectivity index is 2.19. The maximum atomic E-state index is 5.76. The van der Waals surface area contributed by atoms with E-state index >= 15 is 0 Å². The lowest BCUT2D eigenvalue weighted by Crippen LogP contribution is -2.27. The van der Waals surface area contributed by atoms with Crippen molar-refractivity contribution in [2.75, 3.05) is 14.1 Å². The zero-order valence-corrected chi connectivity index (χ0v) is 11.6. The Morgan fingerprint density at radius 2 is 2.21 bits per heavy atom. The number of aromatic amines is 1. The molecule has 100 valence electrons. The standard InChI is InChI=1S/C15H19N3O/c1-11-6-5-7-13(8-11)19-10-15-14(9-18(3)4)12(2)16-17-15/h5-9,16H,2,10H2,1,3-4H3/b14-9-. The van der Waals surface area contributed by atoms with Crippen LogP contribution in [0.1, 0.15) is 11.3 Å². The van der Waals surface area contributed by atoms with Gasteiger partial charge in [0, 0.05) is 25.5 Å². The van der Waals surface area contributed by atoms with Gasteiger partial charge in [0.15, 0.2) is 0 Å². The maximum Gasteiger partial charge on any atom is 0.133 e. The van der Waals surface area contributed by atoms with E-state index in [1.165, 1.54) is 5.56 Å². The fourth-order valence-corrected chi connectivity index (χ4v) is 1.81. The molecule has 1 aromatic carbocycles. The van der Waals surface area contributed by atoms with E-state index < -0.39 is 0 Å². The van der Waals surface area contributed by atoms with E-state index in [0.717, 1.165) is 22.0 Å². The van der Waals surface area contributed by atoms with Gasteiger partial charge in [-0.1, -0.05) is 18.7 Å². The zero-order valence-electron chi connectivity index (χ0n) is 11.6. The normalized spacial score (nSPS) is 11.6. The second kappa shape index (κ2) is 5.61. The molecule has 0 aliphatic rings. The van der Waals surface area contributed by atoms with Crippen molar-refractivity contribution in [2.24, 2.45) is 0 Å². The molecule has 0 atom stereocenters. The van der Waals surface area contributed by atoms with Crippen LogP contribution in [-0.2, 0) is 6.61 Å². The highest BCUT2D eigenvalue weighted by Gasteiger charge is 2.03. The molecule has 0 amide bonds. The summed E-state index contributed by atoms with van der Waals surface area (Å²) in [7, 11) is 3.94. The summed E-state index contributed by atoms with van der Waals surface area (Å²) in [5, 5.41) is 8.91. The maximum absolute atomic E-state index is 5.76. The van der Waals surface area contributed by atoms with Gasteiger partial charge in [0.05, 0.1) is 5.35 Å². The van der Waals surface area contributed by atoms with E-state index in [9.17, 15) is 0 Å². The number of hydrogen-bond acceptors (Lipinski definition) is 3. The summed E-state index contributed by atoms with van der Waals surface area (Å²) in [6.07, 6.45) is 1.99. The molecule has 0 aliphatic carbocycles. The lowest BCUT2D eigenvalue weighted by molar-refractivity contribution is 0.300. The molecule has 0 fully saturated rings. The summed E-state index contributed by atoms with van der Waals surface area (Å²) in [5.41, 5.74) is 2.04. The molecule has 1 aromatic heterocycles. The largest absolute Gasteiger partial charge is 0.487 e. The van der Waals surface area contributed by atoms with Gasteiger partial charge >= 0.3 is 0 Å². The van der Waals surface area contributed by atoms with Crippen molar-refractivity contribution in [3.63, 3.8) is 0 Å². The average Bonchev–Trinajstić information content (AvgIpc) is 2.68. The minimum Gasteiger partial charge on any atom is -0.487 e. The number of nitrogens with zero attached hydrogens (tertiary/aromatic N) is 2. The van der Waals surface area contributed by atoms with Crippen LogP contribution in [0.3, 0.4) is 0 Å². The number of aromatic nitrogens is 2. The van der Waals surface area contributed by atoms with Crippen molar-refractivity contribution in [1.29, 1.82) is 0 Å². The average molecular weight is 257 g/mol. The third kappa shape index (κ3) is 3.37. The molecule has 1 N–H and O–H groups in total. The number of nitrogens with one attached hydrogen (secondary N) is 1. The molecule has 4 nitrogen and oxygen atoms in total. The molecule has 0 bridgehead atoms. The van der Waals surface area contributed by atoms with Crippen molar-refractivity contribution in [1.82, 2.24) is 15.1 Å². The van der Waals surface area contributed by atoms with Crippen LogP contribution < -0.4 is 15.3 Å². The third-order valence-corrected chi connectivity index (χ3v) is 2.71. The highest BCUT2D eigenvalue weighted by atomic mass is 16.5. The van der Waals surface area contributed by atoms with Gasteiger partial charge in [0.1, 0.15) is 18.1 Å². The first kappa shape index (κ1) is 13.2. The molecular formula is C15H19N3O. The lowest BCUT2D eigenvalue weighted by atomic mass is 10.2. The fraction of sp³-hybridized carbons (Fsp3) is 0.267. The quantitative estimate of drug-likeness (QED) is 0.888. The first-order chi connectivity index (χ1) is 9.06. The Labute approximate surface area is 113 Å². The van der Waals surface area contributed by atoms with E-state index in [-0.39, 0.29) is 0 Å². The molecule has 0 saturated carbocycles. The Morgan fingerprint density at radius 3 is 2.89 bits per heavy atom. The van der Waals surface area contributed by atoms with Crippen molar-refractivity contribution < 1.29 is 4.74 Å². The number of hydrogen-bond donors (Lipinski definition) is 1. The van der Waals surface area contributed by atoms with Crippen LogP contribution in [0.15, 0.2) is 24.3 Å². The van der Waals surface area contributed by atoms with Gasteiger partial charge in [0.25, 0.3) is 0 Å². The van der Waals surface area contributed by atoms with Gasteiger partial charge in [-0.05, 0) is 24.6 Å². The summed E-state index contributed by atoms with van der Waals surface area (Å²) in [6, 6.07) is 7.97. The highest BCUT2D eigenvalue weighted by Crippen LogP contribution is 2.12. The van der Waals surface area contributed by atoms with Crippen LogP contribution in [0.5, 0.6) is 5.75 Å². The Hall–Kier alpha value is -2.23. The predicted octanol–water partition coefficient (Wildman–Crippen LogP) is 1.01. The van der Waals surface area contributed by atoms with Crippen LogP contribution in [0.2, 0.25) is 0 Å². The first-order valence-electron chi connectivity index (χ1n) is 6.16. The van der Waals surface area contributed by atoms with Gasteiger partial charge in [0.2, 0.25) is 0 Å². The van der Waals surface area contributed by atoms with Gasteiger partial charge in [-0.15, -0.1) is 0 Å². The monoisotopic (exact) mass is 257 g/mol. The molecule has 4 heteroatoms. The zero-order chi connectivity index (χ0) is 13.8. The van der Waals surface area contributed by atoms with Crippen LogP contribution in [0, 0.1) is 6.92 Å². The number of ether oxygens (including phenoxy) is 1. The highest BCUT2D eigenvalue weighted by molar-refractivity contribution is 5.28. The van der Waals surface area contributed by atoms with Crippen LogP contribution in [0.4, 0.5) is 0 Å². The van der Waals surface area contributed by atoms with Gasteiger partial charge in [-0.3, -0.25) is 5.10 Å². The van der Waals surface area contributed by atoms with Crippen LogP contribution in [0.25, 0.3) is 12.8 Å². The molecule has 0 radical (unpaired) electrons. The Morgan fingerprint density at radius 1 is 1.42 bits per heavy atom. The molecule has 0 spiro atoms. The van der Waals surface area contributed by atoms with Gasteiger partial charge in [-0.25, -0.2) is 0 Å². The van der Waals surface area contributed by atoms with Crippen molar-refractivity contribution >= 4 is 12.8 Å². The van der Waals surface area contributed by atoms with Gasteiger partial charge in [-0.2, -0.15) is 5.10 Å². The van der Waals surface area contributed by atoms with E-state index in [0.29, 0.717) is 6.61 Å². The smallest absolute Gasteiger partial charge is 0.133 e. The van der Waals surface area contributed by atoms with Crippen LogP contribution >= 0.6 is 0 Å². The molecule has 0 saturated heterocycles. The van der Waals surface area contributed by atoms with Crippen molar-refractivity contribution in [3.8, 4) is 5.75 Å².